The molecule has 1 heterocycles. The van der Waals surface area contributed by atoms with E-state index in [4.69, 9.17) is 0 Å². The zero-order valence-electron chi connectivity index (χ0n) is 10.7. The number of hydrazine groups is 1. The molecule has 1 aliphatic heterocycles. The molecule has 1 amide bonds. The summed E-state index contributed by atoms with van der Waals surface area (Å²) in [6.07, 6.45) is 7.69. The van der Waals surface area contributed by atoms with Crippen molar-refractivity contribution in [2.75, 3.05) is 19.6 Å². The molecular formula is C13H24N2O. The van der Waals surface area contributed by atoms with E-state index in [0.29, 0.717) is 5.41 Å². The van der Waals surface area contributed by atoms with Crippen molar-refractivity contribution >= 4 is 5.91 Å². The second kappa shape index (κ2) is 4.74. The molecule has 2 fully saturated rings. The zero-order chi connectivity index (χ0) is 11.6. The minimum Gasteiger partial charge on any atom is -0.275 e. The summed E-state index contributed by atoms with van der Waals surface area (Å²) in [5.41, 5.74) is 0.392. The van der Waals surface area contributed by atoms with Gasteiger partial charge in [0, 0.05) is 26.6 Å². The van der Waals surface area contributed by atoms with Crippen LogP contribution in [-0.4, -0.2) is 35.6 Å². The predicted octanol–water partition coefficient (Wildman–Crippen LogP) is 2.43. The van der Waals surface area contributed by atoms with E-state index < -0.39 is 0 Å². The van der Waals surface area contributed by atoms with Gasteiger partial charge in [-0.25, -0.2) is 5.01 Å². The largest absolute Gasteiger partial charge is 0.275 e. The van der Waals surface area contributed by atoms with Crippen molar-refractivity contribution in [2.24, 2.45) is 5.41 Å². The van der Waals surface area contributed by atoms with Gasteiger partial charge in [0.25, 0.3) is 0 Å². The molecule has 0 atom stereocenters. The van der Waals surface area contributed by atoms with Crippen LogP contribution in [0.2, 0.25) is 0 Å². The maximum Gasteiger partial charge on any atom is 0.233 e. The van der Waals surface area contributed by atoms with Crippen LogP contribution in [0.3, 0.4) is 0 Å². The van der Waals surface area contributed by atoms with Crippen LogP contribution in [0.25, 0.3) is 0 Å². The van der Waals surface area contributed by atoms with E-state index in [1.165, 1.54) is 38.5 Å². The maximum atomic E-state index is 11.7. The average Bonchev–Trinajstić information content (AvgIpc) is 2.24. The highest BCUT2D eigenvalue weighted by molar-refractivity contribution is 5.72. The molecule has 0 bridgehead atoms. The molecule has 92 valence electrons. The first-order valence-corrected chi connectivity index (χ1v) is 6.64. The van der Waals surface area contributed by atoms with Gasteiger partial charge >= 0.3 is 0 Å². The third-order valence-electron chi connectivity index (χ3n) is 4.13. The summed E-state index contributed by atoms with van der Waals surface area (Å²) >= 11 is 0. The lowest BCUT2D eigenvalue weighted by atomic mass is 9.70. The summed E-state index contributed by atoms with van der Waals surface area (Å²) in [5, 5.41) is 4.29. The van der Waals surface area contributed by atoms with Gasteiger partial charge in [-0.3, -0.25) is 9.80 Å². The normalized spacial score (nSPS) is 24.9. The third-order valence-corrected chi connectivity index (χ3v) is 4.13. The molecule has 3 nitrogen and oxygen atoms in total. The Labute approximate surface area is 98.8 Å². The number of carbonyl (C=O) groups is 1. The van der Waals surface area contributed by atoms with Crippen LogP contribution in [-0.2, 0) is 4.79 Å². The maximum absolute atomic E-state index is 11.7. The Morgan fingerprint density at radius 1 is 1.19 bits per heavy atom. The topological polar surface area (TPSA) is 23.6 Å². The van der Waals surface area contributed by atoms with Gasteiger partial charge in [-0.2, -0.15) is 0 Å². The molecule has 0 unspecified atom stereocenters. The number of piperidine rings is 1. The highest BCUT2D eigenvalue weighted by Crippen LogP contribution is 2.41. The lowest BCUT2D eigenvalue weighted by Crippen LogP contribution is -2.53. The summed E-state index contributed by atoms with van der Waals surface area (Å²) in [5.74, 6) is 0.218. The molecule has 0 N–H and O–H groups in total. The second-order valence-corrected chi connectivity index (χ2v) is 5.76. The lowest BCUT2D eigenvalue weighted by Gasteiger charge is -2.46. The molecule has 1 saturated heterocycles. The number of carbonyl (C=O) groups excluding carboxylic acids is 1. The summed E-state index contributed by atoms with van der Waals surface area (Å²) in [7, 11) is 0. The highest BCUT2D eigenvalue weighted by Gasteiger charge is 2.36. The SMILES string of the molecule is CC(=O)N(CC1(C)CCC1)N1CCCCC1. The fourth-order valence-electron chi connectivity index (χ4n) is 2.83. The Bertz CT molecular complexity index is 255. The van der Waals surface area contributed by atoms with Crippen LogP contribution >= 0.6 is 0 Å². The standard InChI is InChI=1S/C13H24N2O/c1-12(16)15(11-13(2)7-6-8-13)14-9-4-3-5-10-14/h3-11H2,1-2H3. The van der Waals surface area contributed by atoms with E-state index in [-0.39, 0.29) is 5.91 Å². The van der Waals surface area contributed by atoms with Crippen LogP contribution in [0.5, 0.6) is 0 Å². The first-order chi connectivity index (χ1) is 7.61. The molecule has 3 heteroatoms. The van der Waals surface area contributed by atoms with Crippen LogP contribution in [0.1, 0.15) is 52.4 Å². The van der Waals surface area contributed by atoms with Crippen molar-refractivity contribution < 1.29 is 4.79 Å². The van der Waals surface area contributed by atoms with Crippen molar-refractivity contribution in [1.29, 1.82) is 0 Å². The Hall–Kier alpha value is -0.570. The molecule has 0 spiro atoms. The fraction of sp³-hybridized carbons (Fsp3) is 0.923. The molecule has 2 aliphatic rings. The van der Waals surface area contributed by atoms with Crippen LogP contribution < -0.4 is 0 Å². The summed E-state index contributed by atoms with van der Waals surface area (Å²) in [6.45, 7) is 7.08. The van der Waals surface area contributed by atoms with Crippen LogP contribution in [0, 0.1) is 5.41 Å². The Morgan fingerprint density at radius 3 is 2.25 bits per heavy atom. The molecule has 0 aromatic rings. The number of nitrogens with zero attached hydrogens (tertiary/aromatic N) is 2. The summed E-state index contributed by atoms with van der Waals surface area (Å²) in [6, 6.07) is 0. The van der Waals surface area contributed by atoms with Gasteiger partial charge in [-0.05, 0) is 31.1 Å². The van der Waals surface area contributed by atoms with E-state index in [1.807, 2.05) is 5.01 Å². The van der Waals surface area contributed by atoms with Crippen molar-refractivity contribution in [3.8, 4) is 0 Å². The minimum atomic E-state index is 0.218. The van der Waals surface area contributed by atoms with E-state index in [9.17, 15) is 4.79 Å². The van der Waals surface area contributed by atoms with Gasteiger partial charge in [0.15, 0.2) is 0 Å². The lowest BCUT2D eigenvalue weighted by molar-refractivity contribution is -0.155. The van der Waals surface area contributed by atoms with Crippen molar-refractivity contribution in [3.05, 3.63) is 0 Å². The van der Waals surface area contributed by atoms with Crippen molar-refractivity contribution in [1.82, 2.24) is 10.0 Å². The molecule has 0 radical (unpaired) electrons. The zero-order valence-corrected chi connectivity index (χ0v) is 10.7. The Balaban J connectivity index is 1.95. The van der Waals surface area contributed by atoms with Crippen LogP contribution in [0.4, 0.5) is 0 Å². The van der Waals surface area contributed by atoms with Gasteiger partial charge in [0.1, 0.15) is 0 Å². The quantitative estimate of drug-likeness (QED) is 0.735. The van der Waals surface area contributed by atoms with E-state index in [1.54, 1.807) is 6.92 Å². The average molecular weight is 224 g/mol. The monoisotopic (exact) mass is 224 g/mol. The first kappa shape index (κ1) is 11.9. The van der Waals surface area contributed by atoms with Crippen molar-refractivity contribution in [2.45, 2.75) is 52.4 Å². The van der Waals surface area contributed by atoms with Gasteiger partial charge in [0.05, 0.1) is 0 Å². The second-order valence-electron chi connectivity index (χ2n) is 5.76. The third kappa shape index (κ3) is 2.57. The summed E-state index contributed by atoms with van der Waals surface area (Å²) < 4.78 is 0. The smallest absolute Gasteiger partial charge is 0.233 e. The van der Waals surface area contributed by atoms with Gasteiger partial charge in [-0.15, -0.1) is 0 Å². The first-order valence-electron chi connectivity index (χ1n) is 6.64. The molecular weight excluding hydrogens is 200 g/mol. The van der Waals surface area contributed by atoms with Gasteiger partial charge < -0.3 is 0 Å². The highest BCUT2D eigenvalue weighted by atomic mass is 16.2. The number of rotatable bonds is 3. The number of hydrogen-bond acceptors (Lipinski definition) is 2. The predicted molar refractivity (Wildman–Crippen MR) is 64.8 cm³/mol. The molecule has 0 aromatic heterocycles. The number of hydrogen-bond donors (Lipinski definition) is 0. The van der Waals surface area contributed by atoms with E-state index >= 15 is 0 Å². The minimum absolute atomic E-state index is 0.218. The molecule has 0 aromatic carbocycles. The number of amides is 1. The van der Waals surface area contributed by atoms with Crippen LogP contribution in [0.15, 0.2) is 0 Å². The molecule has 1 aliphatic carbocycles. The van der Waals surface area contributed by atoms with Gasteiger partial charge in [0.2, 0.25) is 5.91 Å². The van der Waals surface area contributed by atoms with E-state index in [2.05, 4.69) is 11.9 Å². The molecule has 2 rings (SSSR count). The Morgan fingerprint density at radius 2 is 1.81 bits per heavy atom. The van der Waals surface area contributed by atoms with Gasteiger partial charge in [-0.1, -0.05) is 19.8 Å². The molecule has 1 saturated carbocycles. The molecule has 16 heavy (non-hydrogen) atoms. The Kier molecular flexibility index (Phi) is 3.53. The fourth-order valence-corrected chi connectivity index (χ4v) is 2.83. The summed E-state index contributed by atoms with van der Waals surface area (Å²) in [4.78, 5) is 11.7. The van der Waals surface area contributed by atoms with E-state index in [0.717, 1.165) is 19.6 Å². The van der Waals surface area contributed by atoms with Crippen molar-refractivity contribution in [3.63, 3.8) is 0 Å².